The Morgan fingerprint density at radius 1 is 0.544 bits per heavy atom. The summed E-state index contributed by atoms with van der Waals surface area (Å²) < 4.78 is 49.9. The lowest BCUT2D eigenvalue weighted by Gasteiger charge is -2.46. The Labute approximate surface area is 456 Å². The summed E-state index contributed by atoms with van der Waals surface area (Å²) in [7, 11) is 0. The second-order valence-electron chi connectivity index (χ2n) is 19.5. The quantitative estimate of drug-likeness (QED) is 0.0357. The molecule has 5 saturated heterocycles. The summed E-state index contributed by atoms with van der Waals surface area (Å²) >= 11 is 5.30. The van der Waals surface area contributed by atoms with Gasteiger partial charge in [0.2, 0.25) is 5.91 Å². The number of aliphatic hydroxyl groups excluding tert-OH is 17. The summed E-state index contributed by atoms with van der Waals surface area (Å²) in [6, 6.07) is 5.72. The molecule has 0 aromatic heterocycles. The molecule has 1 aromatic carbocycles. The van der Waals surface area contributed by atoms with Crippen molar-refractivity contribution in [3.63, 3.8) is 0 Å². The van der Waals surface area contributed by atoms with Crippen LogP contribution in [0.15, 0.2) is 24.3 Å². The Morgan fingerprint density at radius 2 is 1.03 bits per heavy atom. The Morgan fingerprint density at radius 3 is 1.59 bits per heavy atom. The van der Waals surface area contributed by atoms with Crippen molar-refractivity contribution in [2.24, 2.45) is 0 Å². The molecule has 25 atom stereocenters. The molecule has 0 aliphatic carbocycles. The van der Waals surface area contributed by atoms with Crippen LogP contribution in [0.25, 0.3) is 0 Å². The fourth-order valence-electron chi connectivity index (χ4n) is 9.08. The zero-order valence-corrected chi connectivity index (χ0v) is 43.3. The summed E-state index contributed by atoms with van der Waals surface area (Å²) in [5, 5.41) is 183. The van der Waals surface area contributed by atoms with Gasteiger partial charge in [-0.3, -0.25) is 9.59 Å². The van der Waals surface area contributed by atoms with Crippen LogP contribution in [0.4, 0.5) is 0 Å². The molecule has 20 N–H and O–H groups in total. The molecule has 33 heteroatoms. The number of carbonyl (C=O) groups is 2. The van der Waals surface area contributed by atoms with Crippen LogP contribution in [0.1, 0.15) is 29.3 Å². The Bertz CT molecular complexity index is 2060. The van der Waals surface area contributed by atoms with E-state index in [1.165, 1.54) is 31.2 Å². The molecule has 1 aromatic rings. The lowest BCUT2D eigenvalue weighted by Crippen LogP contribution is -2.67. The number of hydrogen-bond donors (Lipinski definition) is 20. The first-order valence-electron chi connectivity index (χ1n) is 25.3. The molecular weight excluding hydrogens is 1090 g/mol. The third-order valence-corrected chi connectivity index (χ3v) is 14.2. The summed E-state index contributed by atoms with van der Waals surface area (Å²) in [5.41, 5.74) is 0.480. The van der Waals surface area contributed by atoms with Crippen LogP contribution in [0.5, 0.6) is 0 Å². The molecule has 32 nitrogen and oxygen atoms in total. The van der Waals surface area contributed by atoms with Gasteiger partial charge < -0.3 is 150 Å². The monoisotopic (exact) mass is 1160 g/mol. The maximum atomic E-state index is 14.2. The Kier molecular flexibility index (Phi) is 24.6. The maximum absolute atomic E-state index is 14.2. The van der Waals surface area contributed by atoms with Crippen LogP contribution in [0.2, 0.25) is 0 Å². The van der Waals surface area contributed by atoms with Crippen LogP contribution in [0.3, 0.4) is 0 Å². The van der Waals surface area contributed by atoms with E-state index in [2.05, 4.69) is 16.0 Å². The van der Waals surface area contributed by atoms with Crippen LogP contribution < -0.4 is 16.0 Å². The minimum absolute atomic E-state index is 0.0427. The first-order valence-corrected chi connectivity index (χ1v) is 25.7. The minimum atomic E-state index is -1.90. The number of nitrogens with zero attached hydrogens (tertiary/aromatic N) is 1. The van der Waals surface area contributed by atoms with Crippen LogP contribution in [0, 0.1) is 0 Å². The van der Waals surface area contributed by atoms with Gasteiger partial charge >= 0.3 is 0 Å². The van der Waals surface area contributed by atoms with Gasteiger partial charge in [-0.2, -0.15) is 0 Å². The molecule has 452 valence electrons. The van der Waals surface area contributed by atoms with Crippen molar-refractivity contribution in [3.8, 4) is 0 Å². The number of aliphatic hydroxyl groups is 17. The van der Waals surface area contributed by atoms with Gasteiger partial charge in [-0.1, -0.05) is 12.1 Å². The molecule has 0 unspecified atom stereocenters. The largest absolute Gasteiger partial charge is 0.394 e. The average molecular weight is 1160 g/mol. The second kappa shape index (κ2) is 29.9. The lowest BCUT2D eigenvalue weighted by atomic mass is 9.96. The molecule has 0 radical (unpaired) electrons. The molecule has 5 fully saturated rings. The zero-order valence-electron chi connectivity index (χ0n) is 42.5. The van der Waals surface area contributed by atoms with Crippen molar-refractivity contribution in [1.29, 1.82) is 0 Å². The normalized spacial score (nSPS) is 40.8. The molecule has 5 aliphatic heterocycles. The average Bonchev–Trinajstić information content (AvgIpc) is 3.46. The smallest absolute Gasteiger partial charge is 0.253 e. The highest BCUT2D eigenvalue weighted by molar-refractivity contribution is 7.80. The SMILES string of the molecule is C[C@@H]1O[C@@H](OCCNC(=O)CCN(C[C@H]2O[C@@H](OCCNC(=S)N[C@@H]3O[C@H](CO)[C@@H](O[C@@H]4O[C@H](CO)[C@H](O)[C@H](O)[C@H]4O)[C@H](O)[C@H]3O)[C@H](O)[C@@H](O)[C@H]2O)C(=O)c2ccc(CO[C@H]3O[C@H](CO)[C@@H](O)[C@H](O)[C@@H]3O)cc2)[C@@H](O)[C@H](O)[C@@H]1O. The molecule has 0 spiro atoms. The van der Waals surface area contributed by atoms with Gasteiger partial charge in [0.25, 0.3) is 5.91 Å². The number of thiocarbonyl (C=S) groups is 1. The number of amides is 2. The van der Waals surface area contributed by atoms with Crippen LogP contribution in [-0.4, -0.2) is 321 Å². The fourth-order valence-corrected chi connectivity index (χ4v) is 9.30. The number of hydrogen-bond acceptors (Lipinski definition) is 29. The first-order chi connectivity index (χ1) is 37.5. The molecule has 2 amide bonds. The van der Waals surface area contributed by atoms with Crippen molar-refractivity contribution in [2.45, 2.75) is 173 Å². The summed E-state index contributed by atoms with van der Waals surface area (Å²) in [4.78, 5) is 28.4. The Balaban J connectivity index is 1.04. The highest BCUT2D eigenvalue weighted by Gasteiger charge is 2.51. The van der Waals surface area contributed by atoms with Crippen LogP contribution >= 0.6 is 12.2 Å². The highest BCUT2D eigenvalue weighted by atomic mass is 32.1. The number of carbonyl (C=O) groups excluding carboxylic acids is 2. The number of benzene rings is 1. The minimum Gasteiger partial charge on any atom is -0.394 e. The predicted octanol–water partition coefficient (Wildman–Crippen LogP) is -11.3. The number of rotatable bonds is 23. The van der Waals surface area contributed by atoms with Gasteiger partial charge in [0, 0.05) is 38.2 Å². The van der Waals surface area contributed by atoms with E-state index in [4.69, 9.17) is 54.8 Å². The number of nitrogens with one attached hydrogen (secondary N) is 3. The van der Waals surface area contributed by atoms with Crippen molar-refractivity contribution >= 4 is 29.1 Å². The van der Waals surface area contributed by atoms with E-state index >= 15 is 0 Å². The van der Waals surface area contributed by atoms with E-state index in [0.717, 1.165) is 4.90 Å². The Hall–Kier alpha value is -3.19. The van der Waals surface area contributed by atoms with E-state index in [9.17, 15) is 96.4 Å². The fraction of sp³-hybridized carbons (Fsp3) is 0.804. The van der Waals surface area contributed by atoms with Crippen molar-refractivity contribution < 1.29 is 139 Å². The molecule has 79 heavy (non-hydrogen) atoms. The molecule has 0 bridgehead atoms. The van der Waals surface area contributed by atoms with Crippen molar-refractivity contribution in [1.82, 2.24) is 20.9 Å². The van der Waals surface area contributed by atoms with Crippen molar-refractivity contribution in [3.05, 3.63) is 35.4 Å². The van der Waals surface area contributed by atoms with Gasteiger partial charge in [-0.25, -0.2) is 0 Å². The summed E-state index contributed by atoms with van der Waals surface area (Å²) in [5.74, 6) is -1.31. The lowest BCUT2D eigenvalue weighted by molar-refractivity contribution is -0.342. The third-order valence-electron chi connectivity index (χ3n) is 13.9. The molecular formula is C46H74N4O28S. The highest BCUT2D eigenvalue weighted by Crippen LogP contribution is 2.30. The second-order valence-corrected chi connectivity index (χ2v) is 19.9. The van der Waals surface area contributed by atoms with E-state index in [1.54, 1.807) is 0 Å². The molecule has 0 saturated carbocycles. The predicted molar refractivity (Wildman–Crippen MR) is 260 cm³/mol. The molecule has 5 aliphatic rings. The zero-order chi connectivity index (χ0) is 58.0. The van der Waals surface area contributed by atoms with Crippen molar-refractivity contribution in [2.75, 3.05) is 59.2 Å². The molecule has 5 heterocycles. The number of ether oxygens (including phenoxy) is 9. The van der Waals surface area contributed by atoms with Gasteiger partial charge in [-0.15, -0.1) is 0 Å². The topological polar surface area (TPSA) is 500 Å². The van der Waals surface area contributed by atoms with Gasteiger partial charge in [0.15, 0.2) is 36.5 Å². The van der Waals surface area contributed by atoms with Gasteiger partial charge in [0.1, 0.15) is 116 Å². The van der Waals surface area contributed by atoms with Gasteiger partial charge in [-0.05, 0) is 36.8 Å². The summed E-state index contributed by atoms with van der Waals surface area (Å²) in [6.45, 7) is -2.68. The maximum Gasteiger partial charge on any atom is 0.253 e. The van der Waals surface area contributed by atoms with E-state index in [1.807, 2.05) is 0 Å². The van der Waals surface area contributed by atoms with E-state index in [-0.39, 0.29) is 56.6 Å². The third kappa shape index (κ3) is 16.1. The molecule has 6 rings (SSSR count). The van der Waals surface area contributed by atoms with Gasteiger partial charge in [0.05, 0.1) is 45.7 Å². The van der Waals surface area contributed by atoms with E-state index in [0.29, 0.717) is 5.56 Å². The summed E-state index contributed by atoms with van der Waals surface area (Å²) in [6.07, 6.45) is -39.9. The standard InChI is InChI=1S/C46H74N4O28S/c1-17-25(55)29(59)35(65)42(73-17)70-10-7-47-24(54)6-9-50(41(69)19-4-2-18(3-5-19)16-72-44-37(67)31(61)27(57)21(13-51)76-44)12-20-26(56)30(60)36(66)43(75-20)71-11-8-48-46(79)49-40-34(64)33(63)39(23(15-53)74-40)78-45-38(68)32(62)28(58)22(14-52)77-45/h2-5,17,20-23,25-40,42-45,51-53,55-68H,6-16H2,1H3,(H,47,54)(H2,48,49,79)/t17-,20+,21+,22+,23+,25+,26-,27+,28-,29+,30-,31-,32-,33+,34+,35-,36+,37-,38+,39+,40+,42+,43+,44-,45-/m0/s1. The van der Waals surface area contributed by atoms with E-state index < -0.39 is 192 Å². The van der Waals surface area contributed by atoms with Crippen LogP contribution in [-0.2, 0) is 54.0 Å². The first kappa shape index (κ1) is 65.0.